The highest BCUT2D eigenvalue weighted by Gasteiger charge is 2.12. The van der Waals surface area contributed by atoms with Crippen LogP contribution in [0, 0.1) is 0 Å². The molecule has 0 saturated carbocycles. The maximum atomic E-state index is 10.4. The Balaban J connectivity index is 1.56. The van der Waals surface area contributed by atoms with E-state index in [-0.39, 0.29) is 0 Å². The van der Waals surface area contributed by atoms with Crippen molar-refractivity contribution >= 4 is 39.0 Å². The van der Waals surface area contributed by atoms with Crippen LogP contribution in [0.3, 0.4) is 0 Å². The summed E-state index contributed by atoms with van der Waals surface area (Å²) in [5, 5.41) is 18.7. The summed E-state index contributed by atoms with van der Waals surface area (Å²) in [6.45, 7) is 0.952. The average molecular weight is 374 g/mol. The van der Waals surface area contributed by atoms with Crippen LogP contribution in [0.15, 0.2) is 59.6 Å². The van der Waals surface area contributed by atoms with E-state index < -0.39 is 6.10 Å². The normalized spacial score (nSPS) is 13.0. The Morgan fingerprint density at radius 2 is 1.92 bits per heavy atom. The fourth-order valence-corrected chi connectivity index (χ4v) is 3.76. The van der Waals surface area contributed by atoms with E-state index in [1.165, 1.54) is 4.70 Å². The molecule has 0 fully saturated rings. The summed E-state index contributed by atoms with van der Waals surface area (Å²) in [7, 11) is 1.70. The third-order valence-electron chi connectivity index (χ3n) is 3.86. The highest BCUT2D eigenvalue weighted by atomic mass is 35.5. The van der Waals surface area contributed by atoms with Crippen LogP contribution in [-0.2, 0) is 6.54 Å². The summed E-state index contributed by atoms with van der Waals surface area (Å²) in [6, 6.07) is 17.8. The number of fused-ring (bicyclic) bond motifs is 1. The van der Waals surface area contributed by atoms with E-state index in [2.05, 4.69) is 27.8 Å². The van der Waals surface area contributed by atoms with Gasteiger partial charge in [-0.2, -0.15) is 0 Å². The molecular formula is C19H20ClN3OS. The van der Waals surface area contributed by atoms with Gasteiger partial charge < -0.3 is 15.7 Å². The first-order valence-electron chi connectivity index (χ1n) is 8.02. The summed E-state index contributed by atoms with van der Waals surface area (Å²) in [6.07, 6.45) is -0.587. The molecule has 2 aromatic carbocycles. The van der Waals surface area contributed by atoms with Crippen molar-refractivity contribution in [1.29, 1.82) is 0 Å². The molecule has 0 aliphatic rings. The van der Waals surface area contributed by atoms with Gasteiger partial charge in [-0.25, -0.2) is 0 Å². The molecule has 0 saturated heterocycles. The van der Waals surface area contributed by atoms with Crippen LogP contribution >= 0.6 is 22.9 Å². The molecule has 1 unspecified atom stereocenters. The number of guanidine groups is 1. The Hall–Kier alpha value is -2.08. The van der Waals surface area contributed by atoms with Crippen LogP contribution in [0.2, 0.25) is 5.02 Å². The van der Waals surface area contributed by atoms with Crippen molar-refractivity contribution in [3.05, 3.63) is 70.1 Å². The molecule has 0 amide bonds. The van der Waals surface area contributed by atoms with Crippen LogP contribution in [0.4, 0.5) is 0 Å². The summed E-state index contributed by atoms with van der Waals surface area (Å²) in [4.78, 5) is 5.12. The van der Waals surface area contributed by atoms with Gasteiger partial charge in [0, 0.05) is 34.7 Å². The van der Waals surface area contributed by atoms with Gasteiger partial charge in [-0.1, -0.05) is 48.0 Å². The van der Waals surface area contributed by atoms with E-state index in [9.17, 15) is 5.11 Å². The average Bonchev–Trinajstić information content (AvgIpc) is 3.07. The lowest BCUT2D eigenvalue weighted by Crippen LogP contribution is -2.38. The van der Waals surface area contributed by atoms with E-state index >= 15 is 0 Å². The van der Waals surface area contributed by atoms with Gasteiger partial charge in [0.25, 0.3) is 0 Å². The molecule has 4 nitrogen and oxygen atoms in total. The van der Waals surface area contributed by atoms with Crippen molar-refractivity contribution in [2.75, 3.05) is 13.6 Å². The number of thiophene rings is 1. The molecule has 3 rings (SSSR count). The van der Waals surface area contributed by atoms with E-state index in [1.807, 2.05) is 42.5 Å². The Morgan fingerprint density at radius 1 is 1.16 bits per heavy atom. The molecule has 0 spiro atoms. The third kappa shape index (κ3) is 4.51. The SMILES string of the molecule is CN=C(NCc1ccccc1Cl)NCC(O)c1cc2ccccc2s1. The van der Waals surface area contributed by atoms with Crippen LogP contribution in [-0.4, -0.2) is 24.7 Å². The maximum absolute atomic E-state index is 10.4. The monoisotopic (exact) mass is 373 g/mol. The van der Waals surface area contributed by atoms with Gasteiger partial charge in [0.15, 0.2) is 5.96 Å². The zero-order chi connectivity index (χ0) is 17.6. The molecule has 3 N–H and O–H groups in total. The Labute approximate surface area is 156 Å². The minimum absolute atomic E-state index is 0.384. The third-order valence-corrected chi connectivity index (χ3v) is 5.45. The standard InChI is InChI=1S/C19H20ClN3OS/c1-21-19(22-11-14-7-2-4-8-15(14)20)23-12-16(24)18-10-13-6-3-5-9-17(13)25-18/h2-10,16,24H,11-12H2,1H3,(H2,21,22,23). The van der Waals surface area contributed by atoms with Crippen molar-refractivity contribution < 1.29 is 5.11 Å². The first-order valence-corrected chi connectivity index (χ1v) is 9.21. The van der Waals surface area contributed by atoms with Gasteiger partial charge in [-0.05, 0) is 29.1 Å². The number of aliphatic hydroxyl groups is 1. The first kappa shape index (κ1) is 17.7. The Kier molecular flexibility index (Phi) is 5.91. The number of halogens is 1. The van der Waals surface area contributed by atoms with Gasteiger partial charge >= 0.3 is 0 Å². The summed E-state index contributed by atoms with van der Waals surface area (Å²) in [5.41, 5.74) is 0.997. The minimum Gasteiger partial charge on any atom is -0.386 e. The molecule has 1 heterocycles. The number of hydrogen-bond acceptors (Lipinski definition) is 3. The fraction of sp³-hybridized carbons (Fsp3) is 0.211. The largest absolute Gasteiger partial charge is 0.386 e. The molecule has 130 valence electrons. The zero-order valence-electron chi connectivity index (χ0n) is 13.9. The predicted octanol–water partition coefficient (Wildman–Crippen LogP) is 3.95. The highest BCUT2D eigenvalue weighted by molar-refractivity contribution is 7.19. The van der Waals surface area contributed by atoms with Gasteiger partial charge in [0.05, 0.1) is 0 Å². The fourth-order valence-electron chi connectivity index (χ4n) is 2.50. The number of rotatable bonds is 5. The highest BCUT2D eigenvalue weighted by Crippen LogP contribution is 2.29. The summed E-state index contributed by atoms with van der Waals surface area (Å²) in [5.74, 6) is 0.625. The van der Waals surface area contributed by atoms with Gasteiger partial charge in [-0.15, -0.1) is 11.3 Å². The van der Waals surface area contributed by atoms with E-state index in [4.69, 9.17) is 11.6 Å². The number of benzene rings is 2. The lowest BCUT2D eigenvalue weighted by molar-refractivity contribution is 0.184. The van der Waals surface area contributed by atoms with Crippen LogP contribution < -0.4 is 10.6 Å². The number of hydrogen-bond donors (Lipinski definition) is 3. The number of aliphatic hydroxyl groups excluding tert-OH is 1. The van der Waals surface area contributed by atoms with E-state index in [1.54, 1.807) is 18.4 Å². The molecule has 0 radical (unpaired) electrons. The van der Waals surface area contributed by atoms with Gasteiger partial charge in [0.2, 0.25) is 0 Å². The van der Waals surface area contributed by atoms with Crippen molar-refractivity contribution in [2.45, 2.75) is 12.6 Å². The smallest absolute Gasteiger partial charge is 0.191 e. The molecule has 0 aliphatic carbocycles. The molecule has 6 heteroatoms. The predicted molar refractivity (Wildman–Crippen MR) is 106 cm³/mol. The maximum Gasteiger partial charge on any atom is 0.191 e. The lowest BCUT2D eigenvalue weighted by Gasteiger charge is -2.15. The second-order valence-electron chi connectivity index (χ2n) is 5.60. The Morgan fingerprint density at radius 3 is 2.68 bits per heavy atom. The van der Waals surface area contributed by atoms with Crippen LogP contribution in [0.1, 0.15) is 16.5 Å². The topological polar surface area (TPSA) is 56.7 Å². The van der Waals surface area contributed by atoms with Crippen LogP contribution in [0.25, 0.3) is 10.1 Å². The van der Waals surface area contributed by atoms with E-state index in [0.717, 1.165) is 20.8 Å². The number of nitrogens with one attached hydrogen (secondary N) is 2. The molecule has 0 aliphatic heterocycles. The molecule has 3 aromatic rings. The number of aliphatic imine (C=N–C) groups is 1. The van der Waals surface area contributed by atoms with Crippen molar-refractivity contribution in [3.63, 3.8) is 0 Å². The molecule has 0 bridgehead atoms. The first-order chi connectivity index (χ1) is 12.2. The van der Waals surface area contributed by atoms with Gasteiger partial charge in [0.1, 0.15) is 6.10 Å². The number of nitrogens with zero attached hydrogens (tertiary/aromatic N) is 1. The summed E-state index contributed by atoms with van der Waals surface area (Å²) >= 11 is 7.77. The minimum atomic E-state index is -0.587. The molecular weight excluding hydrogens is 354 g/mol. The molecule has 1 aromatic heterocycles. The molecule has 1 atom stereocenters. The molecule has 25 heavy (non-hydrogen) atoms. The van der Waals surface area contributed by atoms with Crippen molar-refractivity contribution in [2.24, 2.45) is 4.99 Å². The zero-order valence-corrected chi connectivity index (χ0v) is 15.4. The summed E-state index contributed by atoms with van der Waals surface area (Å²) < 4.78 is 1.18. The lowest BCUT2D eigenvalue weighted by atomic mass is 10.2. The van der Waals surface area contributed by atoms with Crippen molar-refractivity contribution in [3.8, 4) is 0 Å². The van der Waals surface area contributed by atoms with Crippen molar-refractivity contribution in [1.82, 2.24) is 10.6 Å². The Bertz CT molecular complexity index is 845. The van der Waals surface area contributed by atoms with Crippen LogP contribution in [0.5, 0.6) is 0 Å². The second kappa shape index (κ2) is 8.34. The quantitative estimate of drug-likeness (QED) is 0.468. The second-order valence-corrected chi connectivity index (χ2v) is 7.12. The van der Waals surface area contributed by atoms with Gasteiger partial charge in [-0.3, -0.25) is 4.99 Å². The van der Waals surface area contributed by atoms with E-state index in [0.29, 0.717) is 19.0 Å².